The van der Waals surface area contributed by atoms with Crippen molar-refractivity contribution in [2.75, 3.05) is 0 Å². The number of nitrogen functional groups attached to an aromatic ring is 1. The zero-order valence-corrected chi connectivity index (χ0v) is 9.92. The van der Waals surface area contributed by atoms with Crippen molar-refractivity contribution in [3.05, 3.63) is 52.2 Å². The summed E-state index contributed by atoms with van der Waals surface area (Å²) in [5.41, 5.74) is 5.37. The van der Waals surface area contributed by atoms with Crippen LogP contribution in [-0.4, -0.2) is 15.8 Å². The topological polar surface area (TPSA) is 95.6 Å². The van der Waals surface area contributed by atoms with E-state index in [4.69, 9.17) is 11.1 Å². The van der Waals surface area contributed by atoms with Crippen LogP contribution in [0.5, 0.6) is 0 Å². The number of benzene rings is 1. The molecule has 0 fully saturated rings. The Hall–Kier alpha value is -2.15. The van der Waals surface area contributed by atoms with Crippen LogP contribution >= 0.6 is 11.8 Å². The smallest absolute Gasteiger partial charge is 0.251 e. The Balaban J connectivity index is 2.40. The SMILES string of the molecule is N=C(N)c1cc(F)ccc1Sc1nccc(=O)[nH]1. The highest BCUT2D eigenvalue weighted by Gasteiger charge is 2.09. The number of nitrogens with two attached hydrogens (primary N) is 1. The van der Waals surface area contributed by atoms with Gasteiger partial charge in [-0.05, 0) is 18.2 Å². The molecule has 2 rings (SSSR count). The molecule has 0 amide bonds. The van der Waals surface area contributed by atoms with Crippen LogP contribution in [0.25, 0.3) is 0 Å². The summed E-state index contributed by atoms with van der Waals surface area (Å²) in [4.78, 5) is 18.2. The van der Waals surface area contributed by atoms with E-state index in [1.807, 2.05) is 0 Å². The Labute approximate surface area is 106 Å². The maximum absolute atomic E-state index is 13.1. The van der Waals surface area contributed by atoms with Gasteiger partial charge < -0.3 is 10.7 Å². The van der Waals surface area contributed by atoms with E-state index >= 15 is 0 Å². The lowest BCUT2D eigenvalue weighted by molar-refractivity contribution is 0.626. The second-order valence-electron chi connectivity index (χ2n) is 3.40. The minimum atomic E-state index is -0.473. The molecule has 7 heteroatoms. The first-order valence-corrected chi connectivity index (χ1v) is 5.75. The van der Waals surface area contributed by atoms with Gasteiger partial charge in [0, 0.05) is 22.7 Å². The summed E-state index contributed by atoms with van der Waals surface area (Å²) in [7, 11) is 0. The fourth-order valence-electron chi connectivity index (χ4n) is 1.31. The van der Waals surface area contributed by atoms with Crippen molar-refractivity contribution in [3.8, 4) is 0 Å². The van der Waals surface area contributed by atoms with Crippen LogP contribution in [0.2, 0.25) is 0 Å². The fourth-order valence-corrected chi connectivity index (χ4v) is 2.20. The number of aromatic amines is 1. The maximum atomic E-state index is 13.1. The predicted octanol–water partition coefficient (Wildman–Crippen LogP) is 1.34. The van der Waals surface area contributed by atoms with E-state index in [0.29, 0.717) is 10.1 Å². The molecule has 0 saturated carbocycles. The molecule has 4 N–H and O–H groups in total. The molecule has 0 spiro atoms. The lowest BCUT2D eigenvalue weighted by Gasteiger charge is -2.06. The summed E-state index contributed by atoms with van der Waals surface area (Å²) in [6.07, 6.45) is 1.37. The average Bonchev–Trinajstić information content (AvgIpc) is 2.31. The summed E-state index contributed by atoms with van der Waals surface area (Å²) in [6.45, 7) is 0. The molecule has 0 aliphatic carbocycles. The standard InChI is InChI=1S/C11H9FN4OS/c12-6-1-2-8(7(5-6)10(13)14)18-11-15-4-3-9(17)16-11/h1-5H,(H3,13,14)(H,15,16,17). The molecule has 0 bridgehead atoms. The van der Waals surface area contributed by atoms with Gasteiger partial charge >= 0.3 is 0 Å². The molecular weight excluding hydrogens is 255 g/mol. The number of nitrogens with one attached hydrogen (secondary N) is 2. The molecule has 0 aliphatic rings. The van der Waals surface area contributed by atoms with E-state index in [1.165, 1.54) is 30.5 Å². The van der Waals surface area contributed by atoms with E-state index in [0.717, 1.165) is 11.8 Å². The van der Waals surface area contributed by atoms with Crippen LogP contribution in [0, 0.1) is 11.2 Å². The zero-order chi connectivity index (χ0) is 13.1. The minimum absolute atomic E-state index is 0.240. The molecule has 2 aromatic rings. The van der Waals surface area contributed by atoms with E-state index in [2.05, 4.69) is 9.97 Å². The molecule has 0 radical (unpaired) electrons. The minimum Gasteiger partial charge on any atom is -0.384 e. The van der Waals surface area contributed by atoms with Crippen LogP contribution < -0.4 is 11.3 Å². The Kier molecular flexibility index (Phi) is 3.42. The third kappa shape index (κ3) is 2.75. The number of hydrogen-bond acceptors (Lipinski definition) is 4. The van der Waals surface area contributed by atoms with E-state index < -0.39 is 5.82 Å². The lowest BCUT2D eigenvalue weighted by atomic mass is 10.2. The van der Waals surface area contributed by atoms with E-state index in [1.54, 1.807) is 0 Å². The van der Waals surface area contributed by atoms with Gasteiger partial charge in [0.1, 0.15) is 11.7 Å². The number of aromatic nitrogens is 2. The second kappa shape index (κ2) is 5.01. The third-order valence-electron chi connectivity index (χ3n) is 2.09. The van der Waals surface area contributed by atoms with Gasteiger partial charge in [0.05, 0.1) is 0 Å². The van der Waals surface area contributed by atoms with Crippen molar-refractivity contribution in [1.29, 1.82) is 5.41 Å². The van der Waals surface area contributed by atoms with Crippen LogP contribution in [0.15, 0.2) is 45.3 Å². The summed E-state index contributed by atoms with van der Waals surface area (Å²) < 4.78 is 13.1. The Bertz CT molecular complexity index is 655. The molecule has 0 unspecified atom stereocenters. The molecule has 5 nitrogen and oxygen atoms in total. The number of hydrogen-bond donors (Lipinski definition) is 3. The van der Waals surface area contributed by atoms with Crippen LogP contribution in [-0.2, 0) is 0 Å². The molecule has 92 valence electrons. The molecule has 1 aromatic heterocycles. The van der Waals surface area contributed by atoms with Gasteiger partial charge in [0.2, 0.25) is 0 Å². The largest absolute Gasteiger partial charge is 0.384 e. The summed E-state index contributed by atoms with van der Waals surface area (Å²) >= 11 is 1.11. The highest BCUT2D eigenvalue weighted by molar-refractivity contribution is 7.99. The van der Waals surface area contributed by atoms with Crippen molar-refractivity contribution in [2.24, 2.45) is 5.73 Å². The molecule has 0 aliphatic heterocycles. The maximum Gasteiger partial charge on any atom is 0.251 e. The first-order valence-electron chi connectivity index (χ1n) is 4.93. The lowest BCUT2D eigenvalue weighted by Crippen LogP contribution is -2.13. The van der Waals surface area contributed by atoms with Gasteiger partial charge in [0.25, 0.3) is 5.56 Å². The summed E-state index contributed by atoms with van der Waals surface area (Å²) in [5, 5.41) is 7.74. The third-order valence-corrected chi connectivity index (χ3v) is 3.06. The first-order chi connectivity index (χ1) is 8.56. The van der Waals surface area contributed by atoms with Crippen molar-refractivity contribution in [1.82, 2.24) is 9.97 Å². The monoisotopic (exact) mass is 264 g/mol. The van der Waals surface area contributed by atoms with E-state index in [9.17, 15) is 9.18 Å². The molecule has 1 aromatic carbocycles. The normalized spacial score (nSPS) is 10.3. The molecular formula is C11H9FN4OS. The van der Waals surface area contributed by atoms with Crippen molar-refractivity contribution < 1.29 is 4.39 Å². The Morgan fingerprint density at radius 2 is 2.22 bits per heavy atom. The predicted molar refractivity (Wildman–Crippen MR) is 66.4 cm³/mol. The van der Waals surface area contributed by atoms with Gasteiger partial charge in [-0.25, -0.2) is 9.37 Å². The number of H-pyrrole nitrogens is 1. The molecule has 0 atom stereocenters. The number of nitrogens with zero attached hydrogens (tertiary/aromatic N) is 1. The van der Waals surface area contributed by atoms with Crippen LogP contribution in [0.1, 0.15) is 5.56 Å². The first kappa shape index (κ1) is 12.3. The van der Waals surface area contributed by atoms with Gasteiger partial charge in [0.15, 0.2) is 5.16 Å². The van der Waals surface area contributed by atoms with Gasteiger partial charge in [-0.1, -0.05) is 11.8 Å². The van der Waals surface area contributed by atoms with Crippen LogP contribution in [0.3, 0.4) is 0 Å². The number of rotatable bonds is 3. The highest BCUT2D eigenvalue weighted by atomic mass is 32.2. The molecule has 1 heterocycles. The van der Waals surface area contributed by atoms with Gasteiger partial charge in [-0.15, -0.1) is 0 Å². The quantitative estimate of drug-likeness (QED) is 0.443. The van der Waals surface area contributed by atoms with Gasteiger partial charge in [-0.2, -0.15) is 0 Å². The molecule has 18 heavy (non-hydrogen) atoms. The number of amidine groups is 1. The second-order valence-corrected chi connectivity index (χ2v) is 4.43. The average molecular weight is 264 g/mol. The Morgan fingerprint density at radius 3 is 2.89 bits per heavy atom. The highest BCUT2D eigenvalue weighted by Crippen LogP contribution is 2.27. The van der Waals surface area contributed by atoms with Crippen LogP contribution in [0.4, 0.5) is 4.39 Å². The summed E-state index contributed by atoms with van der Waals surface area (Å²) in [6, 6.07) is 5.21. The summed E-state index contributed by atoms with van der Waals surface area (Å²) in [5.74, 6) is -0.714. The van der Waals surface area contributed by atoms with E-state index in [-0.39, 0.29) is 17.0 Å². The zero-order valence-electron chi connectivity index (χ0n) is 9.11. The van der Waals surface area contributed by atoms with Crippen molar-refractivity contribution in [3.63, 3.8) is 0 Å². The van der Waals surface area contributed by atoms with Crippen molar-refractivity contribution in [2.45, 2.75) is 10.1 Å². The Morgan fingerprint density at radius 1 is 1.44 bits per heavy atom. The molecule has 0 saturated heterocycles. The fraction of sp³-hybridized carbons (Fsp3) is 0. The van der Waals surface area contributed by atoms with Gasteiger partial charge in [-0.3, -0.25) is 10.2 Å². The number of halogens is 1. The van der Waals surface area contributed by atoms with Crippen molar-refractivity contribution >= 4 is 17.6 Å².